The Kier molecular flexibility index (Phi) is 5.20. The third-order valence-corrected chi connectivity index (χ3v) is 6.59. The van der Waals surface area contributed by atoms with Gasteiger partial charge in [0.1, 0.15) is 0 Å². The summed E-state index contributed by atoms with van der Waals surface area (Å²) >= 11 is 0. The summed E-state index contributed by atoms with van der Waals surface area (Å²) < 4.78 is 24.0. The molecule has 0 atom stereocenters. The van der Waals surface area contributed by atoms with E-state index in [1.165, 1.54) is 6.42 Å². The van der Waals surface area contributed by atoms with Crippen LogP contribution in [0.25, 0.3) is 0 Å². The molecule has 5 nitrogen and oxygen atoms in total. The zero-order chi connectivity index (χ0) is 16.1. The minimum Gasteiger partial charge on any atom is -0.343 e. The second-order valence-corrected chi connectivity index (χ2v) is 8.71. The van der Waals surface area contributed by atoms with Crippen LogP contribution in [0.15, 0.2) is 35.3 Å². The Morgan fingerprint density at radius 2 is 1.83 bits per heavy atom. The molecule has 2 fully saturated rings. The van der Waals surface area contributed by atoms with Crippen LogP contribution in [0.1, 0.15) is 32.1 Å². The molecule has 1 aliphatic carbocycles. The Hall–Kier alpha value is -1.56. The average Bonchev–Trinajstić information content (AvgIpc) is 3.41. The molecule has 1 aromatic carbocycles. The molecule has 0 bridgehead atoms. The van der Waals surface area contributed by atoms with Crippen LogP contribution in [0.4, 0.5) is 5.69 Å². The molecule has 3 rings (SSSR count). The highest BCUT2D eigenvalue weighted by Gasteiger charge is 2.35. The molecule has 1 N–H and O–H groups in total. The standard InChI is InChI=1S/C17H25N3O2S/c21-23(22,16-9-10-16)14-11-18-17(20-12-5-2-6-13-20)19-15-7-3-1-4-8-15/h1,3-4,7-8,16H,2,5-6,9-14H2,(H,18,19). The molecule has 0 aromatic heterocycles. The predicted octanol–water partition coefficient (Wildman–Crippen LogP) is 2.52. The van der Waals surface area contributed by atoms with E-state index in [0.717, 1.165) is 50.4 Å². The summed E-state index contributed by atoms with van der Waals surface area (Å²) in [5.41, 5.74) is 0.988. The van der Waals surface area contributed by atoms with Crippen LogP contribution in [0.3, 0.4) is 0 Å². The van der Waals surface area contributed by atoms with Crippen molar-refractivity contribution in [3.8, 4) is 0 Å². The van der Waals surface area contributed by atoms with Crippen LogP contribution in [0.2, 0.25) is 0 Å². The first kappa shape index (κ1) is 16.3. The second kappa shape index (κ2) is 7.34. The summed E-state index contributed by atoms with van der Waals surface area (Å²) in [5.74, 6) is 0.966. The van der Waals surface area contributed by atoms with Gasteiger partial charge in [0.05, 0.1) is 17.5 Å². The lowest BCUT2D eigenvalue weighted by Crippen LogP contribution is -2.40. The summed E-state index contributed by atoms with van der Waals surface area (Å²) in [6.07, 6.45) is 5.23. The Morgan fingerprint density at radius 3 is 2.48 bits per heavy atom. The number of benzene rings is 1. The number of hydrogen-bond donors (Lipinski definition) is 1. The Bertz CT molecular complexity index is 633. The van der Waals surface area contributed by atoms with Crippen LogP contribution >= 0.6 is 0 Å². The van der Waals surface area contributed by atoms with Gasteiger partial charge in [0.25, 0.3) is 0 Å². The molecular formula is C17H25N3O2S. The first-order valence-electron chi connectivity index (χ1n) is 8.48. The van der Waals surface area contributed by atoms with Gasteiger partial charge in [-0.25, -0.2) is 8.42 Å². The van der Waals surface area contributed by atoms with E-state index >= 15 is 0 Å². The zero-order valence-electron chi connectivity index (χ0n) is 13.4. The highest BCUT2D eigenvalue weighted by atomic mass is 32.2. The van der Waals surface area contributed by atoms with Crippen molar-refractivity contribution in [1.29, 1.82) is 0 Å². The molecule has 0 radical (unpaired) electrons. The van der Waals surface area contributed by atoms with Gasteiger partial charge < -0.3 is 10.2 Å². The minimum absolute atomic E-state index is 0.0989. The zero-order valence-corrected chi connectivity index (χ0v) is 14.3. The lowest BCUT2D eigenvalue weighted by atomic mass is 10.1. The number of anilines is 1. The van der Waals surface area contributed by atoms with Gasteiger partial charge >= 0.3 is 0 Å². The average molecular weight is 335 g/mol. The highest BCUT2D eigenvalue weighted by Crippen LogP contribution is 2.28. The third-order valence-electron chi connectivity index (χ3n) is 4.36. The quantitative estimate of drug-likeness (QED) is 0.663. The molecule has 126 valence electrons. The van der Waals surface area contributed by atoms with Crippen LogP contribution in [0, 0.1) is 0 Å². The minimum atomic E-state index is -2.94. The van der Waals surface area contributed by atoms with Crippen molar-refractivity contribution in [1.82, 2.24) is 4.90 Å². The number of piperidine rings is 1. The van der Waals surface area contributed by atoms with E-state index in [9.17, 15) is 8.42 Å². The number of sulfone groups is 1. The van der Waals surface area contributed by atoms with Gasteiger partial charge in [-0.3, -0.25) is 4.99 Å². The molecule has 1 saturated heterocycles. The van der Waals surface area contributed by atoms with Gasteiger partial charge in [-0.05, 0) is 44.2 Å². The molecule has 1 heterocycles. The number of hydrogen-bond acceptors (Lipinski definition) is 3. The molecular weight excluding hydrogens is 310 g/mol. The SMILES string of the molecule is O=S(=O)(CCN=C(Nc1ccccc1)N1CCCCC1)C1CC1. The first-order chi connectivity index (χ1) is 11.1. The Balaban J connectivity index is 1.67. The summed E-state index contributed by atoms with van der Waals surface area (Å²) in [6, 6.07) is 9.94. The Labute approximate surface area is 138 Å². The van der Waals surface area contributed by atoms with Crippen molar-refractivity contribution in [3.05, 3.63) is 30.3 Å². The van der Waals surface area contributed by atoms with Gasteiger partial charge in [0.15, 0.2) is 15.8 Å². The molecule has 0 unspecified atom stereocenters. The fourth-order valence-corrected chi connectivity index (χ4v) is 4.38. The third kappa shape index (κ3) is 4.70. The molecule has 1 aliphatic heterocycles. The van der Waals surface area contributed by atoms with Crippen molar-refractivity contribution in [2.24, 2.45) is 4.99 Å². The fraction of sp³-hybridized carbons (Fsp3) is 0.588. The molecule has 1 saturated carbocycles. The van der Waals surface area contributed by atoms with E-state index in [0.29, 0.717) is 6.54 Å². The van der Waals surface area contributed by atoms with E-state index in [1.54, 1.807) is 0 Å². The normalized spacial score (nSPS) is 19.7. The highest BCUT2D eigenvalue weighted by molar-refractivity contribution is 7.92. The second-order valence-electron chi connectivity index (χ2n) is 6.31. The van der Waals surface area contributed by atoms with E-state index in [2.05, 4.69) is 15.2 Å². The Morgan fingerprint density at radius 1 is 1.13 bits per heavy atom. The largest absolute Gasteiger partial charge is 0.343 e. The number of para-hydroxylation sites is 1. The predicted molar refractivity (Wildman–Crippen MR) is 94.6 cm³/mol. The maximum absolute atomic E-state index is 12.0. The number of rotatable bonds is 5. The summed E-state index contributed by atoms with van der Waals surface area (Å²) in [6.45, 7) is 2.30. The van der Waals surface area contributed by atoms with Crippen molar-refractivity contribution in [2.75, 3.05) is 30.7 Å². The van der Waals surface area contributed by atoms with Crippen LogP contribution < -0.4 is 5.32 Å². The molecule has 2 aliphatic rings. The maximum Gasteiger partial charge on any atom is 0.198 e. The summed E-state index contributed by atoms with van der Waals surface area (Å²) in [7, 11) is -2.94. The van der Waals surface area contributed by atoms with Gasteiger partial charge in [-0.2, -0.15) is 0 Å². The molecule has 0 spiro atoms. The van der Waals surface area contributed by atoms with Gasteiger partial charge in [-0.15, -0.1) is 0 Å². The van der Waals surface area contributed by atoms with Crippen molar-refractivity contribution < 1.29 is 8.42 Å². The lowest BCUT2D eigenvalue weighted by molar-refractivity contribution is 0.340. The first-order valence-corrected chi connectivity index (χ1v) is 10.2. The van der Waals surface area contributed by atoms with E-state index < -0.39 is 9.84 Å². The fourth-order valence-electron chi connectivity index (χ4n) is 2.85. The van der Waals surface area contributed by atoms with Crippen LogP contribution in [-0.2, 0) is 9.84 Å². The van der Waals surface area contributed by atoms with Crippen molar-refractivity contribution >= 4 is 21.5 Å². The summed E-state index contributed by atoms with van der Waals surface area (Å²) in [4.78, 5) is 6.83. The lowest BCUT2D eigenvalue weighted by Gasteiger charge is -2.30. The number of aliphatic imine (C=N–C) groups is 1. The van der Waals surface area contributed by atoms with E-state index in [-0.39, 0.29) is 11.0 Å². The van der Waals surface area contributed by atoms with Crippen LogP contribution in [0.5, 0.6) is 0 Å². The maximum atomic E-state index is 12.0. The van der Waals surface area contributed by atoms with Gasteiger partial charge in [0.2, 0.25) is 0 Å². The topological polar surface area (TPSA) is 61.8 Å². The van der Waals surface area contributed by atoms with Gasteiger partial charge in [0, 0.05) is 18.8 Å². The summed E-state index contributed by atoms with van der Waals surface area (Å²) in [5, 5.41) is 3.26. The smallest absolute Gasteiger partial charge is 0.198 e. The number of nitrogens with one attached hydrogen (secondary N) is 1. The van der Waals surface area contributed by atoms with Crippen molar-refractivity contribution in [3.63, 3.8) is 0 Å². The number of guanidine groups is 1. The molecule has 6 heteroatoms. The van der Waals surface area contributed by atoms with E-state index in [1.807, 2.05) is 30.3 Å². The van der Waals surface area contributed by atoms with Crippen molar-refractivity contribution in [2.45, 2.75) is 37.4 Å². The molecule has 0 amide bonds. The van der Waals surface area contributed by atoms with Gasteiger partial charge in [-0.1, -0.05) is 18.2 Å². The number of nitrogens with zero attached hydrogens (tertiary/aromatic N) is 2. The van der Waals surface area contributed by atoms with Crippen LogP contribution in [-0.4, -0.2) is 49.9 Å². The monoisotopic (exact) mass is 335 g/mol. The molecule has 23 heavy (non-hydrogen) atoms. The molecule has 1 aromatic rings. The number of likely N-dealkylation sites (tertiary alicyclic amines) is 1. The van der Waals surface area contributed by atoms with E-state index in [4.69, 9.17) is 0 Å².